The van der Waals surface area contributed by atoms with Crippen molar-refractivity contribution in [3.63, 3.8) is 0 Å². The maximum atomic E-state index is 13.2. The van der Waals surface area contributed by atoms with E-state index in [0.717, 1.165) is 0 Å². The van der Waals surface area contributed by atoms with E-state index >= 15 is 0 Å². The van der Waals surface area contributed by atoms with Crippen LogP contribution in [0.2, 0.25) is 0 Å². The van der Waals surface area contributed by atoms with Gasteiger partial charge >= 0.3 is 12.4 Å². The number of sulfone groups is 1. The zero-order valence-electron chi connectivity index (χ0n) is 23.7. The van der Waals surface area contributed by atoms with Gasteiger partial charge in [0.1, 0.15) is 6.04 Å². The number of hydrogen-bond donors (Lipinski definition) is 4. The summed E-state index contributed by atoms with van der Waals surface area (Å²) in [6.45, 7) is 0.928. The van der Waals surface area contributed by atoms with Crippen molar-refractivity contribution in [1.29, 1.82) is 0 Å². The summed E-state index contributed by atoms with van der Waals surface area (Å²) in [6.07, 6.45) is -10.0. The number of ether oxygens (including phenoxy) is 1. The maximum Gasteiger partial charge on any atom is 0.416 e. The third-order valence-electron chi connectivity index (χ3n) is 5.87. The highest BCUT2D eigenvalue weighted by atomic mass is 32.2. The molecule has 1 unspecified atom stereocenters. The van der Waals surface area contributed by atoms with Gasteiger partial charge in [-0.05, 0) is 54.5 Å². The molecular weight excluding hydrogens is 628 g/mol. The molecule has 0 spiro atoms. The molecule has 1 atom stereocenters. The van der Waals surface area contributed by atoms with Crippen molar-refractivity contribution in [3.05, 3.63) is 40.7 Å². The first-order valence-corrected chi connectivity index (χ1v) is 14.8. The number of aryl methyl sites for hydroxylation is 1. The monoisotopic (exact) mass is 661 g/mol. The first-order chi connectivity index (χ1) is 20.2. The molecule has 44 heavy (non-hydrogen) atoms. The lowest BCUT2D eigenvalue weighted by atomic mass is 10.0. The summed E-state index contributed by atoms with van der Waals surface area (Å²) in [5, 5.41) is 24.9. The van der Waals surface area contributed by atoms with Crippen LogP contribution in [-0.2, 0) is 49.7 Å². The minimum Gasteiger partial charge on any atom is -0.395 e. The van der Waals surface area contributed by atoms with Crippen LogP contribution in [0.3, 0.4) is 0 Å². The molecule has 0 aliphatic heterocycles. The second-order valence-corrected chi connectivity index (χ2v) is 12.6. The highest BCUT2D eigenvalue weighted by molar-refractivity contribution is 7.91. The molecule has 1 aromatic heterocycles. The fourth-order valence-corrected chi connectivity index (χ4v) is 4.50. The number of nitrogens with one attached hydrogen (secondary N) is 2. The number of tetrazole rings is 1. The predicted octanol–water partition coefficient (Wildman–Crippen LogP) is 1.13. The Labute approximate surface area is 248 Å². The zero-order valence-corrected chi connectivity index (χ0v) is 24.5. The van der Waals surface area contributed by atoms with Gasteiger partial charge in [0.05, 0.1) is 48.0 Å². The molecule has 1 heterocycles. The fourth-order valence-electron chi connectivity index (χ4n) is 3.61. The third-order valence-corrected chi connectivity index (χ3v) is 7.50. The second kappa shape index (κ2) is 15.1. The molecule has 13 nitrogen and oxygen atoms in total. The molecule has 2 rings (SSSR count). The Bertz CT molecular complexity index is 1340. The van der Waals surface area contributed by atoms with E-state index in [-0.39, 0.29) is 43.6 Å². The molecule has 0 radical (unpaired) electrons. The number of aromatic nitrogens is 4. The zero-order chi connectivity index (χ0) is 33.3. The summed E-state index contributed by atoms with van der Waals surface area (Å²) in [7, 11) is -3.51. The molecule has 0 saturated carbocycles. The van der Waals surface area contributed by atoms with Gasteiger partial charge in [0.25, 0.3) is 0 Å². The SMILES string of the molecule is CC(C)(N)C(=O)NC(COCc1cc(C(F)(F)F)cc(C(F)(F)F)c1)c1nnnn1CCCC(=O)NCCS(=O)(=O)CCO. The minimum atomic E-state index is -5.05. The summed E-state index contributed by atoms with van der Waals surface area (Å²) in [5.74, 6) is -1.96. The number of rotatable bonds is 16. The van der Waals surface area contributed by atoms with Crippen LogP contribution in [0.25, 0.3) is 0 Å². The van der Waals surface area contributed by atoms with Gasteiger partial charge < -0.3 is 26.2 Å². The van der Waals surface area contributed by atoms with Crippen molar-refractivity contribution in [2.45, 2.75) is 63.8 Å². The third kappa shape index (κ3) is 12.0. The summed E-state index contributed by atoms with van der Waals surface area (Å²) < 4.78 is 109. The van der Waals surface area contributed by atoms with Crippen LogP contribution in [-0.4, -0.2) is 82.3 Å². The smallest absolute Gasteiger partial charge is 0.395 e. The van der Waals surface area contributed by atoms with Crippen LogP contribution in [0.5, 0.6) is 0 Å². The molecule has 0 aliphatic carbocycles. The first-order valence-electron chi connectivity index (χ1n) is 13.0. The predicted molar refractivity (Wildman–Crippen MR) is 141 cm³/mol. The van der Waals surface area contributed by atoms with Gasteiger partial charge in [0.2, 0.25) is 11.8 Å². The highest BCUT2D eigenvalue weighted by Gasteiger charge is 2.37. The second-order valence-electron chi connectivity index (χ2n) is 10.3. The molecule has 0 saturated heterocycles. The van der Waals surface area contributed by atoms with Gasteiger partial charge in [-0.15, -0.1) is 5.10 Å². The van der Waals surface area contributed by atoms with Crippen LogP contribution in [0.15, 0.2) is 18.2 Å². The van der Waals surface area contributed by atoms with Crippen molar-refractivity contribution in [2.24, 2.45) is 5.73 Å². The average molecular weight is 662 g/mol. The van der Waals surface area contributed by atoms with Gasteiger partial charge in [0.15, 0.2) is 15.7 Å². The number of aliphatic hydroxyl groups excluding tert-OH is 1. The number of carbonyl (C=O) groups is 2. The molecule has 0 aliphatic rings. The van der Waals surface area contributed by atoms with Gasteiger partial charge in [-0.2, -0.15) is 26.3 Å². The molecule has 0 bridgehead atoms. The summed E-state index contributed by atoms with van der Waals surface area (Å²) in [5.41, 5.74) is 0.979. The first kappa shape index (κ1) is 36.8. The number of halogens is 6. The Balaban J connectivity index is 2.12. The van der Waals surface area contributed by atoms with Gasteiger partial charge in [-0.3, -0.25) is 9.59 Å². The largest absolute Gasteiger partial charge is 0.416 e. The standard InChI is InChI=1S/C24H33F6N7O6S/c1-22(2,31)21(40)33-18(14-43-13-15-10-16(23(25,26)27)12-17(11-15)24(28,29)30)20-34-35-36-37(20)6-3-4-19(39)32-5-8-44(41,42)9-7-38/h10-12,18,38H,3-9,13-14,31H2,1-2H3,(H,32,39)(H,33,40). The highest BCUT2D eigenvalue weighted by Crippen LogP contribution is 2.36. The van der Waals surface area contributed by atoms with E-state index < -0.39 is 87.8 Å². The topological polar surface area (TPSA) is 191 Å². The summed E-state index contributed by atoms with van der Waals surface area (Å²) >= 11 is 0. The summed E-state index contributed by atoms with van der Waals surface area (Å²) in [4.78, 5) is 24.7. The van der Waals surface area contributed by atoms with Crippen molar-refractivity contribution in [2.75, 3.05) is 31.3 Å². The molecule has 248 valence electrons. The lowest BCUT2D eigenvalue weighted by Gasteiger charge is -2.24. The quantitative estimate of drug-likeness (QED) is 0.190. The molecule has 2 aromatic rings. The van der Waals surface area contributed by atoms with Crippen molar-refractivity contribution in [3.8, 4) is 0 Å². The Morgan fingerprint density at radius 2 is 1.68 bits per heavy atom. The maximum absolute atomic E-state index is 13.2. The van der Waals surface area contributed by atoms with Crippen molar-refractivity contribution >= 4 is 21.7 Å². The number of alkyl halides is 6. The van der Waals surface area contributed by atoms with E-state index in [2.05, 4.69) is 26.2 Å². The number of aliphatic hydroxyl groups is 1. The number of amides is 2. The van der Waals surface area contributed by atoms with E-state index in [0.29, 0.717) is 12.1 Å². The molecule has 1 aromatic carbocycles. The van der Waals surface area contributed by atoms with Crippen LogP contribution in [0.4, 0.5) is 26.3 Å². The van der Waals surface area contributed by atoms with E-state index in [9.17, 15) is 44.3 Å². The van der Waals surface area contributed by atoms with E-state index in [1.165, 1.54) is 18.5 Å². The Morgan fingerprint density at radius 1 is 1.07 bits per heavy atom. The van der Waals surface area contributed by atoms with Crippen LogP contribution < -0.4 is 16.4 Å². The number of hydrogen-bond acceptors (Lipinski definition) is 10. The molecule has 5 N–H and O–H groups in total. The lowest BCUT2D eigenvalue weighted by molar-refractivity contribution is -0.143. The van der Waals surface area contributed by atoms with E-state index in [1.54, 1.807) is 0 Å². The number of nitrogens with zero attached hydrogens (tertiary/aromatic N) is 4. The normalized spacial score (nSPS) is 13.5. The molecule has 0 fully saturated rings. The fraction of sp³-hybridized carbons (Fsp3) is 0.625. The average Bonchev–Trinajstić information content (AvgIpc) is 3.34. The number of nitrogens with two attached hydrogens (primary N) is 1. The Morgan fingerprint density at radius 3 is 2.23 bits per heavy atom. The van der Waals surface area contributed by atoms with Gasteiger partial charge in [-0.1, -0.05) is 0 Å². The van der Waals surface area contributed by atoms with Crippen molar-refractivity contribution < 1.29 is 54.2 Å². The van der Waals surface area contributed by atoms with Crippen LogP contribution in [0.1, 0.15) is 55.2 Å². The van der Waals surface area contributed by atoms with E-state index in [4.69, 9.17) is 15.6 Å². The van der Waals surface area contributed by atoms with Crippen molar-refractivity contribution in [1.82, 2.24) is 30.8 Å². The Kier molecular flexibility index (Phi) is 12.6. The summed E-state index contributed by atoms with van der Waals surface area (Å²) in [6, 6.07) is -0.131. The van der Waals surface area contributed by atoms with E-state index in [1.807, 2.05) is 0 Å². The van der Waals surface area contributed by atoms with Gasteiger partial charge in [0, 0.05) is 19.5 Å². The minimum absolute atomic E-state index is 0.00173. The molecule has 20 heteroatoms. The molecule has 2 amide bonds. The van der Waals surface area contributed by atoms with Crippen LogP contribution in [0, 0.1) is 0 Å². The lowest BCUT2D eigenvalue weighted by Crippen LogP contribution is -2.51. The number of carbonyl (C=O) groups excluding carboxylic acids is 2. The number of benzene rings is 1. The van der Waals surface area contributed by atoms with Crippen LogP contribution >= 0.6 is 0 Å². The molecular formula is C24H33F6N7O6S. The van der Waals surface area contributed by atoms with Gasteiger partial charge in [-0.25, -0.2) is 13.1 Å². The Hall–Kier alpha value is -3.36.